The van der Waals surface area contributed by atoms with Crippen molar-refractivity contribution in [3.8, 4) is 56.1 Å². The van der Waals surface area contributed by atoms with Crippen LogP contribution in [0.4, 0.5) is 9.18 Å². The number of para-hydroxylation sites is 2. The maximum atomic E-state index is 14.5. The fourth-order valence-corrected chi connectivity index (χ4v) is 9.93. The van der Waals surface area contributed by atoms with Gasteiger partial charge in [0.2, 0.25) is 18.3 Å². The number of piperazine rings is 1. The summed E-state index contributed by atoms with van der Waals surface area (Å²) >= 11 is 15.8. The van der Waals surface area contributed by atoms with Gasteiger partial charge in [0.25, 0.3) is 0 Å². The minimum Gasteiger partial charge on any atom is -0.496 e. The second-order valence-corrected chi connectivity index (χ2v) is 19.1. The lowest BCUT2D eigenvalue weighted by atomic mass is 9.92. The molecule has 1 aliphatic heterocycles. The number of amides is 1. The number of halogens is 3. The number of carbonyl (C=O) groups is 2. The van der Waals surface area contributed by atoms with Gasteiger partial charge >= 0.3 is 12.1 Å². The van der Waals surface area contributed by atoms with Gasteiger partial charge in [-0.05, 0) is 85.1 Å². The first-order valence-corrected chi connectivity index (χ1v) is 24.7. The van der Waals surface area contributed by atoms with E-state index in [-0.39, 0.29) is 18.9 Å². The quantitative estimate of drug-likeness (QED) is 0.0592. The van der Waals surface area contributed by atoms with E-state index in [1.807, 2.05) is 50.2 Å². The summed E-state index contributed by atoms with van der Waals surface area (Å²) in [5.74, 6) is 0.650. The van der Waals surface area contributed by atoms with Crippen molar-refractivity contribution in [2.24, 2.45) is 0 Å². The van der Waals surface area contributed by atoms with Crippen LogP contribution in [0.2, 0.25) is 10.0 Å². The highest BCUT2D eigenvalue weighted by molar-refractivity contribution is 7.22. The Morgan fingerprint density at radius 3 is 2.25 bits per heavy atom. The summed E-state index contributed by atoms with van der Waals surface area (Å²) in [5.41, 5.74) is 5.13. The van der Waals surface area contributed by atoms with Crippen molar-refractivity contribution in [3.63, 3.8) is 0 Å². The van der Waals surface area contributed by atoms with Gasteiger partial charge < -0.3 is 38.2 Å². The van der Waals surface area contributed by atoms with Gasteiger partial charge in [0.1, 0.15) is 41.7 Å². The number of esters is 1. The van der Waals surface area contributed by atoms with Crippen LogP contribution in [0.3, 0.4) is 0 Å². The van der Waals surface area contributed by atoms with Gasteiger partial charge in [-0.3, -0.25) is 4.90 Å². The molecular formula is C53H54Cl2FN7O8S. The first kappa shape index (κ1) is 51.7. The second kappa shape index (κ2) is 23.3. The van der Waals surface area contributed by atoms with Gasteiger partial charge in [-0.15, -0.1) is 11.3 Å². The Morgan fingerprint density at radius 1 is 0.847 bits per heavy atom. The summed E-state index contributed by atoms with van der Waals surface area (Å²) in [6, 6.07) is 22.5. The van der Waals surface area contributed by atoms with Crippen LogP contribution < -0.4 is 18.9 Å². The van der Waals surface area contributed by atoms with Crippen LogP contribution in [-0.4, -0.2) is 127 Å². The van der Waals surface area contributed by atoms with Crippen LogP contribution in [0.5, 0.6) is 23.1 Å². The molecule has 19 heteroatoms. The summed E-state index contributed by atoms with van der Waals surface area (Å²) in [5, 5.41) is 1.08. The molecular weight excluding hydrogens is 985 g/mol. The predicted octanol–water partition coefficient (Wildman–Crippen LogP) is 10.3. The van der Waals surface area contributed by atoms with Crippen molar-refractivity contribution in [1.29, 1.82) is 0 Å². The molecule has 0 aliphatic carbocycles. The molecule has 4 heterocycles. The summed E-state index contributed by atoms with van der Waals surface area (Å²) in [6.07, 6.45) is -0.527. The van der Waals surface area contributed by atoms with E-state index in [1.54, 1.807) is 43.6 Å². The molecule has 376 valence electrons. The normalized spacial score (nSPS) is 13.9. The van der Waals surface area contributed by atoms with Crippen molar-refractivity contribution >= 4 is 56.8 Å². The molecule has 4 aromatic carbocycles. The summed E-state index contributed by atoms with van der Waals surface area (Å²) in [4.78, 5) is 52.6. The molecule has 72 heavy (non-hydrogen) atoms. The maximum absolute atomic E-state index is 14.5. The molecule has 2 unspecified atom stereocenters. The smallest absolute Gasteiger partial charge is 0.412 e. The molecule has 7 aromatic rings. The van der Waals surface area contributed by atoms with Gasteiger partial charge in [0, 0.05) is 76.8 Å². The molecule has 1 saturated heterocycles. The van der Waals surface area contributed by atoms with Crippen molar-refractivity contribution in [2.75, 3.05) is 67.6 Å². The number of fused-ring (bicyclic) bond motifs is 1. The summed E-state index contributed by atoms with van der Waals surface area (Å²) in [7, 11) is 6.73. The largest absolute Gasteiger partial charge is 0.496 e. The molecule has 0 spiro atoms. The van der Waals surface area contributed by atoms with E-state index in [1.165, 1.54) is 55.7 Å². The Balaban J connectivity index is 1.17. The number of methoxy groups -OCH3 is 1. The highest BCUT2D eigenvalue weighted by Gasteiger charge is 2.32. The highest BCUT2D eigenvalue weighted by Crippen LogP contribution is 2.53. The number of thiophene rings is 1. The van der Waals surface area contributed by atoms with E-state index in [9.17, 15) is 14.0 Å². The van der Waals surface area contributed by atoms with Crippen LogP contribution in [0.25, 0.3) is 43.2 Å². The number of benzene rings is 4. The third-order valence-corrected chi connectivity index (χ3v) is 14.2. The predicted molar refractivity (Wildman–Crippen MR) is 276 cm³/mol. The van der Waals surface area contributed by atoms with Gasteiger partial charge in [0.05, 0.1) is 33.8 Å². The highest BCUT2D eigenvalue weighted by atomic mass is 35.5. The topological polar surface area (TPSA) is 151 Å². The van der Waals surface area contributed by atoms with E-state index in [4.69, 9.17) is 56.6 Å². The lowest BCUT2D eigenvalue weighted by Crippen LogP contribution is -2.45. The van der Waals surface area contributed by atoms with Gasteiger partial charge in [-0.2, -0.15) is 0 Å². The molecule has 0 radical (unpaired) electrons. The SMILES string of the molecule is COc1ccccc1-c1nccc(COc2ccccc2CC(Oc2ncnc3sc(-c4ccc(F)cc4)c(-c4c(C)c(Cl)c(OCCN5CCN(C)CC5)c(Cl)c4C)c23)C(=O)OC(C)OC(=O)N(C)C)n1. The number of rotatable bonds is 18. The van der Waals surface area contributed by atoms with Crippen molar-refractivity contribution in [2.45, 2.75) is 46.2 Å². The summed E-state index contributed by atoms with van der Waals surface area (Å²) < 4.78 is 50.7. The number of likely N-dealkylation sites (N-methyl/N-ethyl adjacent to an activating group) is 1. The maximum Gasteiger partial charge on any atom is 0.412 e. The Kier molecular flexibility index (Phi) is 16.7. The van der Waals surface area contributed by atoms with Crippen LogP contribution in [-0.2, 0) is 27.3 Å². The molecule has 0 bridgehead atoms. The Labute approximate surface area is 431 Å². The standard InChI is InChI=1S/C53H54Cl2FN7O8S/c1-31-42(32(2)46(55)47(45(31)54)67-27-26-63-24-22-62(6)23-25-63)43-44-50(58-30-59-51(44)72-48(43)34-16-18-36(56)19-17-34)71-41(52(64)69-33(3)70-53(65)61(4)5)28-35-12-8-10-14-39(35)68-29-37-20-21-57-49(60-37)38-13-9-11-15-40(38)66-7/h8-21,30,33,41H,22-29H2,1-7H3. The van der Waals surface area contributed by atoms with Crippen LogP contribution in [0.15, 0.2) is 91.4 Å². The minimum atomic E-state index is -1.41. The first-order chi connectivity index (χ1) is 34.7. The number of aromatic nitrogens is 4. The third kappa shape index (κ3) is 11.8. The molecule has 1 amide bonds. The summed E-state index contributed by atoms with van der Waals surface area (Å²) in [6.45, 7) is 10.1. The zero-order valence-corrected chi connectivity index (χ0v) is 43.2. The third-order valence-electron chi connectivity index (χ3n) is 12.1. The van der Waals surface area contributed by atoms with Crippen molar-refractivity contribution in [3.05, 3.63) is 130 Å². The number of hydrogen-bond donors (Lipinski definition) is 0. The van der Waals surface area contributed by atoms with Gasteiger partial charge in [-0.1, -0.05) is 65.7 Å². The Bertz CT molecular complexity index is 3030. The lowest BCUT2D eigenvalue weighted by molar-refractivity contribution is -0.174. The van der Waals surface area contributed by atoms with E-state index >= 15 is 0 Å². The second-order valence-electron chi connectivity index (χ2n) is 17.3. The fourth-order valence-electron chi connectivity index (χ4n) is 8.25. The van der Waals surface area contributed by atoms with Crippen molar-refractivity contribution in [1.82, 2.24) is 34.6 Å². The van der Waals surface area contributed by atoms with E-state index in [0.29, 0.717) is 100 Å². The van der Waals surface area contributed by atoms with Crippen LogP contribution in [0, 0.1) is 19.7 Å². The van der Waals surface area contributed by atoms with Gasteiger partial charge in [0.15, 0.2) is 11.6 Å². The van der Waals surface area contributed by atoms with Crippen LogP contribution >= 0.6 is 34.5 Å². The molecule has 2 atom stereocenters. The zero-order valence-electron chi connectivity index (χ0n) is 40.9. The van der Waals surface area contributed by atoms with E-state index < -0.39 is 30.3 Å². The average molecular weight is 1040 g/mol. The van der Waals surface area contributed by atoms with Crippen LogP contribution in [0.1, 0.15) is 29.3 Å². The molecule has 0 N–H and O–H groups in total. The Hall–Kier alpha value is -6.63. The number of hydrogen-bond acceptors (Lipinski definition) is 15. The van der Waals surface area contributed by atoms with Crippen molar-refractivity contribution < 1.29 is 42.4 Å². The van der Waals surface area contributed by atoms with Gasteiger partial charge in [-0.25, -0.2) is 33.9 Å². The molecule has 1 fully saturated rings. The lowest BCUT2D eigenvalue weighted by Gasteiger charge is -2.32. The minimum absolute atomic E-state index is 0.0290. The van der Waals surface area contributed by atoms with E-state index in [2.05, 4.69) is 31.8 Å². The number of nitrogens with zero attached hydrogens (tertiary/aromatic N) is 7. The first-order valence-electron chi connectivity index (χ1n) is 23.2. The Morgan fingerprint density at radius 2 is 1.54 bits per heavy atom. The molecule has 8 rings (SSSR count). The van der Waals surface area contributed by atoms with E-state index in [0.717, 1.165) is 31.7 Å². The number of ether oxygens (including phenoxy) is 6. The zero-order chi connectivity index (χ0) is 51.1. The number of carbonyl (C=O) groups excluding carboxylic acids is 2. The molecule has 0 saturated carbocycles. The molecule has 1 aliphatic rings. The molecule has 15 nitrogen and oxygen atoms in total. The fraction of sp³-hybridized carbons (Fsp3) is 0.321. The monoisotopic (exact) mass is 1040 g/mol. The molecule has 3 aromatic heterocycles. The average Bonchev–Trinajstić information content (AvgIpc) is 3.77.